The molecular weight excluding hydrogens is 236 g/mol. The van der Waals surface area contributed by atoms with E-state index >= 15 is 0 Å². The summed E-state index contributed by atoms with van der Waals surface area (Å²) in [7, 11) is 0. The molecule has 1 aliphatic rings. The van der Waals surface area contributed by atoms with Crippen molar-refractivity contribution in [2.24, 2.45) is 0 Å². The summed E-state index contributed by atoms with van der Waals surface area (Å²) in [5, 5.41) is 7.90. The number of rotatable bonds is 6. The van der Waals surface area contributed by atoms with Crippen molar-refractivity contribution in [1.82, 2.24) is 0 Å². The van der Waals surface area contributed by atoms with Gasteiger partial charge in [-0.1, -0.05) is 31.5 Å². The van der Waals surface area contributed by atoms with E-state index in [0.717, 1.165) is 50.6 Å². The monoisotopic (exact) mass is 258 g/mol. The van der Waals surface area contributed by atoms with Crippen LogP contribution in [-0.2, 0) is 11.2 Å². The van der Waals surface area contributed by atoms with Crippen molar-refractivity contribution >= 4 is 17.7 Å². The summed E-state index contributed by atoms with van der Waals surface area (Å²) in [6.45, 7) is 2.87. The SMILES string of the molecule is CCCC(=N)CCN1c2ccccc2CCC1C=O. The van der Waals surface area contributed by atoms with Crippen molar-refractivity contribution < 1.29 is 4.79 Å². The first-order chi connectivity index (χ1) is 9.26. The van der Waals surface area contributed by atoms with Gasteiger partial charge in [0, 0.05) is 24.4 Å². The number of anilines is 1. The minimum Gasteiger partial charge on any atom is -0.361 e. The van der Waals surface area contributed by atoms with E-state index in [0.29, 0.717) is 0 Å². The molecule has 0 saturated heterocycles. The van der Waals surface area contributed by atoms with Gasteiger partial charge in [0.15, 0.2) is 0 Å². The predicted molar refractivity (Wildman–Crippen MR) is 79.2 cm³/mol. The number of benzene rings is 1. The van der Waals surface area contributed by atoms with E-state index in [1.54, 1.807) is 0 Å². The number of aryl methyl sites for hydroxylation is 1. The van der Waals surface area contributed by atoms with Crippen LogP contribution in [0.3, 0.4) is 0 Å². The maximum absolute atomic E-state index is 11.3. The number of nitrogens with one attached hydrogen (secondary N) is 1. The first kappa shape index (κ1) is 13.8. The average molecular weight is 258 g/mol. The molecule has 1 aromatic carbocycles. The van der Waals surface area contributed by atoms with Crippen molar-refractivity contribution in [2.45, 2.75) is 45.1 Å². The molecule has 0 fully saturated rings. The largest absolute Gasteiger partial charge is 0.361 e. The minimum absolute atomic E-state index is 0.0238. The van der Waals surface area contributed by atoms with E-state index in [2.05, 4.69) is 30.0 Å². The van der Waals surface area contributed by atoms with Gasteiger partial charge >= 0.3 is 0 Å². The van der Waals surface area contributed by atoms with Crippen LogP contribution < -0.4 is 4.90 Å². The van der Waals surface area contributed by atoms with Gasteiger partial charge in [0.2, 0.25) is 0 Å². The highest BCUT2D eigenvalue weighted by molar-refractivity contribution is 5.82. The van der Waals surface area contributed by atoms with Crippen molar-refractivity contribution in [3.05, 3.63) is 29.8 Å². The Kier molecular flexibility index (Phi) is 4.72. The molecule has 0 radical (unpaired) electrons. The molecule has 1 aromatic rings. The Morgan fingerprint density at radius 3 is 2.95 bits per heavy atom. The molecule has 1 aliphatic heterocycles. The number of aldehydes is 1. The lowest BCUT2D eigenvalue weighted by Gasteiger charge is -2.36. The molecule has 19 heavy (non-hydrogen) atoms. The van der Waals surface area contributed by atoms with Gasteiger partial charge in [-0.3, -0.25) is 0 Å². The smallest absolute Gasteiger partial charge is 0.142 e. The lowest BCUT2D eigenvalue weighted by atomic mass is 9.96. The minimum atomic E-state index is -0.0238. The Bertz CT molecular complexity index is 456. The molecule has 2 rings (SSSR count). The molecule has 0 amide bonds. The van der Waals surface area contributed by atoms with Crippen LogP contribution in [0.25, 0.3) is 0 Å². The maximum Gasteiger partial charge on any atom is 0.142 e. The topological polar surface area (TPSA) is 44.2 Å². The zero-order valence-electron chi connectivity index (χ0n) is 11.6. The normalized spacial score (nSPS) is 17.9. The van der Waals surface area contributed by atoms with Crippen LogP contribution in [0.1, 0.15) is 38.2 Å². The van der Waals surface area contributed by atoms with Crippen molar-refractivity contribution in [1.29, 1.82) is 5.41 Å². The summed E-state index contributed by atoms with van der Waals surface area (Å²) in [5.74, 6) is 0. The maximum atomic E-state index is 11.3. The molecule has 1 heterocycles. The van der Waals surface area contributed by atoms with E-state index in [9.17, 15) is 4.79 Å². The summed E-state index contributed by atoms with van der Waals surface area (Å²) in [5.41, 5.74) is 3.29. The van der Waals surface area contributed by atoms with Crippen molar-refractivity contribution in [3.8, 4) is 0 Å². The zero-order valence-corrected chi connectivity index (χ0v) is 11.6. The van der Waals surface area contributed by atoms with Crippen LogP contribution in [0.2, 0.25) is 0 Å². The standard InChI is InChI=1S/C16H22N2O/c1-2-5-14(17)10-11-18-15(12-19)9-8-13-6-3-4-7-16(13)18/h3-4,6-7,12,15,17H,2,5,8-11H2,1H3. The Balaban J connectivity index is 2.11. The molecule has 0 aliphatic carbocycles. The number of hydrogen-bond donors (Lipinski definition) is 1. The second-order valence-corrected chi connectivity index (χ2v) is 5.17. The van der Waals surface area contributed by atoms with Gasteiger partial charge in [0.25, 0.3) is 0 Å². The summed E-state index contributed by atoms with van der Waals surface area (Å²) in [6.07, 6.45) is 5.56. The van der Waals surface area contributed by atoms with E-state index in [-0.39, 0.29) is 6.04 Å². The Hall–Kier alpha value is -1.64. The van der Waals surface area contributed by atoms with E-state index in [4.69, 9.17) is 5.41 Å². The van der Waals surface area contributed by atoms with Gasteiger partial charge in [-0.2, -0.15) is 0 Å². The van der Waals surface area contributed by atoms with Gasteiger partial charge in [0.05, 0.1) is 6.04 Å². The predicted octanol–water partition coefficient (Wildman–Crippen LogP) is 3.22. The van der Waals surface area contributed by atoms with Crippen LogP contribution in [-0.4, -0.2) is 24.6 Å². The van der Waals surface area contributed by atoms with E-state index in [1.165, 1.54) is 11.3 Å². The number of para-hydroxylation sites is 1. The number of fused-ring (bicyclic) bond motifs is 1. The summed E-state index contributed by atoms with van der Waals surface area (Å²) >= 11 is 0. The fraction of sp³-hybridized carbons (Fsp3) is 0.500. The fourth-order valence-electron chi connectivity index (χ4n) is 2.75. The molecule has 3 nitrogen and oxygen atoms in total. The molecule has 1 unspecified atom stereocenters. The molecule has 3 heteroatoms. The van der Waals surface area contributed by atoms with Crippen molar-refractivity contribution in [2.75, 3.05) is 11.4 Å². The Labute approximate surface area is 115 Å². The first-order valence-electron chi connectivity index (χ1n) is 7.12. The number of hydrogen-bond acceptors (Lipinski definition) is 3. The number of nitrogens with zero attached hydrogens (tertiary/aromatic N) is 1. The van der Waals surface area contributed by atoms with Crippen LogP contribution in [0.15, 0.2) is 24.3 Å². The molecule has 0 saturated carbocycles. The number of carbonyl (C=O) groups excluding carboxylic acids is 1. The second kappa shape index (κ2) is 6.50. The summed E-state index contributed by atoms with van der Waals surface area (Å²) in [6, 6.07) is 8.28. The van der Waals surface area contributed by atoms with Crippen LogP contribution in [0.5, 0.6) is 0 Å². The molecular formula is C16H22N2O. The highest BCUT2D eigenvalue weighted by Crippen LogP contribution is 2.29. The molecule has 0 spiro atoms. The molecule has 102 valence electrons. The highest BCUT2D eigenvalue weighted by Gasteiger charge is 2.25. The summed E-state index contributed by atoms with van der Waals surface area (Å²) in [4.78, 5) is 13.4. The Morgan fingerprint density at radius 1 is 1.42 bits per heavy atom. The average Bonchev–Trinajstić information content (AvgIpc) is 2.44. The van der Waals surface area contributed by atoms with Gasteiger partial charge in [0.1, 0.15) is 6.29 Å². The van der Waals surface area contributed by atoms with Crippen LogP contribution in [0, 0.1) is 5.41 Å². The van der Waals surface area contributed by atoms with E-state index in [1.807, 2.05) is 6.07 Å². The molecule has 0 aromatic heterocycles. The Morgan fingerprint density at radius 2 is 2.21 bits per heavy atom. The first-order valence-corrected chi connectivity index (χ1v) is 7.12. The van der Waals surface area contributed by atoms with Gasteiger partial charge in [-0.25, -0.2) is 0 Å². The lowest BCUT2D eigenvalue weighted by Crippen LogP contribution is -2.41. The van der Waals surface area contributed by atoms with Gasteiger partial charge in [-0.15, -0.1) is 0 Å². The molecule has 1 N–H and O–H groups in total. The van der Waals surface area contributed by atoms with Gasteiger partial charge < -0.3 is 15.1 Å². The van der Waals surface area contributed by atoms with Crippen molar-refractivity contribution in [3.63, 3.8) is 0 Å². The fourth-order valence-corrected chi connectivity index (χ4v) is 2.75. The highest BCUT2D eigenvalue weighted by atomic mass is 16.1. The van der Waals surface area contributed by atoms with E-state index < -0.39 is 0 Å². The third-order valence-electron chi connectivity index (χ3n) is 3.77. The molecule has 1 atom stereocenters. The summed E-state index contributed by atoms with van der Waals surface area (Å²) < 4.78 is 0. The lowest BCUT2D eigenvalue weighted by molar-refractivity contribution is -0.109. The number of carbonyl (C=O) groups is 1. The third kappa shape index (κ3) is 3.22. The van der Waals surface area contributed by atoms with Crippen LogP contribution >= 0.6 is 0 Å². The van der Waals surface area contributed by atoms with Crippen LogP contribution in [0.4, 0.5) is 5.69 Å². The zero-order chi connectivity index (χ0) is 13.7. The quantitative estimate of drug-likeness (QED) is 0.629. The third-order valence-corrected chi connectivity index (χ3v) is 3.77. The second-order valence-electron chi connectivity index (χ2n) is 5.17. The van der Waals surface area contributed by atoms with Gasteiger partial charge in [-0.05, 0) is 30.9 Å². The molecule has 0 bridgehead atoms.